The molecule has 4 fully saturated rings. The lowest BCUT2D eigenvalue weighted by atomic mass is 9.47. The van der Waals surface area contributed by atoms with Gasteiger partial charge >= 0.3 is 0 Å². The Morgan fingerprint density at radius 1 is 0.750 bits per heavy atom. The normalized spacial score (nSPS) is 30.6. The third-order valence-corrected chi connectivity index (χ3v) is 17.5. The average molecular weight is 894 g/mol. The second-order valence-corrected chi connectivity index (χ2v) is 22.5. The maximum absolute atomic E-state index is 6.53. The van der Waals surface area contributed by atoms with Crippen LogP contribution in [-0.2, 0) is 23.7 Å². The van der Waals surface area contributed by atoms with E-state index >= 15 is 0 Å². The largest absolute Gasteiger partial charge is 0.383 e. The fourth-order valence-electron chi connectivity index (χ4n) is 13.8. The summed E-state index contributed by atoms with van der Waals surface area (Å²) >= 11 is 0. The maximum Gasteiger partial charge on any atom is 0.0936 e. The van der Waals surface area contributed by atoms with E-state index in [1.54, 1.807) is 5.57 Å². The molecule has 6 heteroatoms. The molecule has 0 bridgehead atoms. The highest BCUT2D eigenvalue weighted by Gasteiger charge is 2.59. The van der Waals surface area contributed by atoms with Crippen LogP contribution < -0.4 is 0 Å². The second kappa shape index (κ2) is 29.8. The van der Waals surface area contributed by atoms with E-state index in [-0.39, 0.29) is 6.10 Å². The highest BCUT2D eigenvalue weighted by molar-refractivity contribution is 5.25. The molecule has 4 aliphatic carbocycles. The zero-order chi connectivity index (χ0) is 45.5. The first-order valence-electron chi connectivity index (χ1n) is 27.8. The third-order valence-electron chi connectivity index (χ3n) is 17.5. The summed E-state index contributed by atoms with van der Waals surface area (Å²) < 4.78 is 30.9. The van der Waals surface area contributed by atoms with E-state index in [1.807, 2.05) is 7.11 Å². The molecular formula is C58H103NO5. The Bertz CT molecular complexity index is 1330. The van der Waals surface area contributed by atoms with Crippen molar-refractivity contribution in [2.24, 2.45) is 46.3 Å². The molecule has 0 spiro atoms. The number of methoxy groups -OCH3 is 1. The Kier molecular flexibility index (Phi) is 25.1. The number of hydrogen-bond acceptors (Lipinski definition) is 6. The van der Waals surface area contributed by atoms with Crippen molar-refractivity contribution in [1.29, 1.82) is 0 Å². The number of hydrogen-bond donors (Lipinski definition) is 0. The van der Waals surface area contributed by atoms with Crippen molar-refractivity contribution in [2.75, 3.05) is 66.4 Å². The van der Waals surface area contributed by atoms with Gasteiger partial charge in [0.05, 0.1) is 51.8 Å². The predicted molar refractivity (Wildman–Crippen MR) is 270 cm³/mol. The summed E-state index contributed by atoms with van der Waals surface area (Å²) in [5.74, 6) is 5.33. The first kappa shape index (κ1) is 53.9. The van der Waals surface area contributed by atoms with Crippen LogP contribution in [0.1, 0.15) is 202 Å². The number of unbranched alkanes of at least 4 members (excludes halogenated alkanes) is 9. The van der Waals surface area contributed by atoms with Crippen molar-refractivity contribution >= 4 is 0 Å². The van der Waals surface area contributed by atoms with Gasteiger partial charge in [0.1, 0.15) is 0 Å². The van der Waals surface area contributed by atoms with Crippen molar-refractivity contribution < 1.29 is 23.7 Å². The Morgan fingerprint density at radius 2 is 1.52 bits per heavy atom. The van der Waals surface area contributed by atoms with Crippen molar-refractivity contribution in [3.8, 4) is 0 Å². The summed E-state index contributed by atoms with van der Waals surface area (Å²) in [5, 5.41) is 0. The van der Waals surface area contributed by atoms with E-state index < -0.39 is 0 Å². The van der Waals surface area contributed by atoms with Crippen LogP contribution in [0.2, 0.25) is 0 Å². The fraction of sp³-hybridized carbons (Fsp3) is 0.897. The fourth-order valence-corrected chi connectivity index (χ4v) is 13.8. The topological polar surface area (TPSA) is 49.4 Å². The van der Waals surface area contributed by atoms with Gasteiger partial charge in [0, 0.05) is 26.3 Å². The quantitative estimate of drug-likeness (QED) is 0.0474. The van der Waals surface area contributed by atoms with Gasteiger partial charge in [0.15, 0.2) is 0 Å². The molecule has 0 N–H and O–H groups in total. The molecule has 10 atom stereocenters. The van der Waals surface area contributed by atoms with E-state index in [0.29, 0.717) is 56.0 Å². The third kappa shape index (κ3) is 16.9. The molecule has 0 radical (unpaired) electrons. The van der Waals surface area contributed by atoms with Gasteiger partial charge in [-0.2, -0.15) is 0 Å². The zero-order valence-electron chi connectivity index (χ0n) is 43.1. The minimum absolute atomic E-state index is 0.0537. The van der Waals surface area contributed by atoms with Crippen LogP contribution >= 0.6 is 0 Å². The van der Waals surface area contributed by atoms with Gasteiger partial charge in [-0.05, 0) is 156 Å². The summed E-state index contributed by atoms with van der Waals surface area (Å²) in [7, 11) is 1.82. The number of ether oxygens (including phenoxy) is 5. The van der Waals surface area contributed by atoms with Gasteiger partial charge in [-0.25, -0.2) is 0 Å². The molecule has 1 heterocycles. The van der Waals surface area contributed by atoms with Crippen molar-refractivity contribution in [3.63, 3.8) is 0 Å². The van der Waals surface area contributed by atoms with Gasteiger partial charge in [0.2, 0.25) is 0 Å². The highest BCUT2D eigenvalue weighted by Crippen LogP contribution is 2.67. The van der Waals surface area contributed by atoms with Crippen molar-refractivity contribution in [1.82, 2.24) is 4.90 Å². The van der Waals surface area contributed by atoms with E-state index in [2.05, 4.69) is 76.8 Å². The van der Waals surface area contributed by atoms with Crippen molar-refractivity contribution in [2.45, 2.75) is 220 Å². The molecule has 1 aliphatic heterocycles. The van der Waals surface area contributed by atoms with Crippen LogP contribution in [0, 0.1) is 46.3 Å². The lowest BCUT2D eigenvalue weighted by Crippen LogP contribution is -2.51. The van der Waals surface area contributed by atoms with Crippen LogP contribution in [0.25, 0.3) is 0 Å². The van der Waals surface area contributed by atoms with E-state index in [1.165, 1.54) is 141 Å². The van der Waals surface area contributed by atoms with Gasteiger partial charge in [-0.15, -0.1) is 0 Å². The molecule has 0 aromatic heterocycles. The number of fused-ring (bicyclic) bond motifs is 5. The van der Waals surface area contributed by atoms with E-state index in [4.69, 9.17) is 23.7 Å². The summed E-state index contributed by atoms with van der Waals surface area (Å²) in [4.78, 5) is 2.55. The van der Waals surface area contributed by atoms with Crippen LogP contribution in [0.15, 0.2) is 36.0 Å². The van der Waals surface area contributed by atoms with Crippen LogP contribution in [0.4, 0.5) is 0 Å². The van der Waals surface area contributed by atoms with Crippen LogP contribution in [-0.4, -0.2) is 89.6 Å². The van der Waals surface area contributed by atoms with E-state index in [0.717, 1.165) is 81.1 Å². The minimum Gasteiger partial charge on any atom is -0.383 e. The monoisotopic (exact) mass is 894 g/mol. The van der Waals surface area contributed by atoms with Gasteiger partial charge < -0.3 is 23.7 Å². The maximum atomic E-state index is 6.53. The molecule has 0 amide bonds. The van der Waals surface area contributed by atoms with Gasteiger partial charge in [-0.1, -0.05) is 135 Å². The molecular weight excluding hydrogens is 791 g/mol. The van der Waals surface area contributed by atoms with Gasteiger partial charge in [0.25, 0.3) is 0 Å². The summed E-state index contributed by atoms with van der Waals surface area (Å²) in [6, 6.07) is 0.484. The Labute approximate surface area is 396 Å². The Morgan fingerprint density at radius 3 is 2.30 bits per heavy atom. The first-order chi connectivity index (χ1) is 31.2. The Hall–Kier alpha value is -1.02. The molecule has 5 aliphatic rings. The smallest absolute Gasteiger partial charge is 0.0936 e. The molecule has 370 valence electrons. The van der Waals surface area contributed by atoms with Crippen molar-refractivity contribution in [3.05, 3.63) is 36.0 Å². The Balaban J connectivity index is 0.934. The van der Waals surface area contributed by atoms with Gasteiger partial charge in [-0.3, -0.25) is 4.90 Å². The molecule has 0 aromatic rings. The van der Waals surface area contributed by atoms with E-state index in [9.17, 15) is 0 Å². The minimum atomic E-state index is 0.0537. The molecule has 2 unspecified atom stereocenters. The molecule has 64 heavy (non-hydrogen) atoms. The zero-order valence-corrected chi connectivity index (χ0v) is 43.1. The number of allylic oxidation sites excluding steroid dienone is 5. The number of likely N-dealkylation sites (tertiary alicyclic amines) is 1. The molecule has 1 saturated heterocycles. The second-order valence-electron chi connectivity index (χ2n) is 22.5. The lowest BCUT2D eigenvalue weighted by molar-refractivity contribution is -0.0742. The molecule has 3 saturated carbocycles. The predicted octanol–water partition coefficient (Wildman–Crippen LogP) is 14.8. The number of nitrogens with zero attached hydrogens (tertiary/aromatic N) is 1. The molecule has 5 rings (SSSR count). The summed E-state index contributed by atoms with van der Waals surface area (Å²) in [6.45, 7) is 21.8. The molecule has 6 nitrogen and oxygen atoms in total. The SMILES string of the molecule is CCCCC/C=C\C/C=C\CCCCCCCCOCC(CN1CCC[C@@H]1COC)OCCOCCO[C@H]1CC[C@@]2(C)C(=CC[C@H]3C4CC[C@H]([C@H](C)CCCC(C)C)[C@@]4(C)CC[C@@H]32)C1. The molecule has 0 aromatic carbocycles. The summed E-state index contributed by atoms with van der Waals surface area (Å²) in [6.07, 6.45) is 45.1. The standard InChI is InChI=1S/C58H103NO5/c1-8-9-10-11-12-13-14-15-16-17-18-19-20-21-22-23-38-62-46-52(44-59-37-25-28-50(59)45-60-7)64-42-40-61-39-41-63-51-33-35-57(5)49(43-51)29-30-53-55-32-31-54(48(4)27-24-26-47(2)3)58(55,6)36-34-56(53)57/h12-13,15-16,29,47-48,50-56H,8-11,14,17-28,30-46H2,1-7H3/b13-12-,16-15-/t48-,50-,51+,52?,53+,54-,55?,56+,57+,58-/m1/s1. The average Bonchev–Trinajstić information content (AvgIpc) is 3.88. The van der Waals surface area contributed by atoms with Crippen LogP contribution in [0.5, 0.6) is 0 Å². The first-order valence-corrected chi connectivity index (χ1v) is 27.8. The lowest BCUT2D eigenvalue weighted by Gasteiger charge is -2.58. The summed E-state index contributed by atoms with van der Waals surface area (Å²) in [5.41, 5.74) is 2.66. The van der Waals surface area contributed by atoms with Crippen LogP contribution in [0.3, 0.4) is 0 Å². The highest BCUT2D eigenvalue weighted by atomic mass is 16.6. The number of rotatable bonds is 34.